The lowest BCUT2D eigenvalue weighted by atomic mass is 10.2. The average Bonchev–Trinajstić information content (AvgIpc) is 2.82. The number of anilines is 1. The quantitative estimate of drug-likeness (QED) is 0.403. The van der Waals surface area contributed by atoms with Gasteiger partial charge in [-0.15, -0.1) is 0 Å². The van der Waals surface area contributed by atoms with Gasteiger partial charge in [0.05, 0.1) is 18.8 Å². The summed E-state index contributed by atoms with van der Waals surface area (Å²) >= 11 is 0. The Morgan fingerprint density at radius 3 is 2.66 bits per heavy atom. The number of ether oxygens (including phenoxy) is 1. The van der Waals surface area contributed by atoms with Gasteiger partial charge in [-0.25, -0.2) is 19.9 Å². The lowest BCUT2D eigenvalue weighted by Crippen LogP contribution is -2.27. The zero-order chi connectivity index (χ0) is 22.3. The van der Waals surface area contributed by atoms with Crippen molar-refractivity contribution in [3.63, 3.8) is 0 Å². The lowest BCUT2D eigenvalue weighted by molar-refractivity contribution is 0.127. The molecule has 9 heteroatoms. The Kier molecular flexibility index (Phi) is 6.76. The summed E-state index contributed by atoms with van der Waals surface area (Å²) in [4.78, 5) is 35.1. The Morgan fingerprint density at radius 2 is 1.91 bits per heavy atom. The van der Waals surface area contributed by atoms with Crippen LogP contribution in [-0.2, 0) is 17.8 Å². The second-order valence-electron chi connectivity index (χ2n) is 7.30. The molecule has 0 aliphatic rings. The summed E-state index contributed by atoms with van der Waals surface area (Å²) in [7, 11) is 0. The fourth-order valence-corrected chi connectivity index (χ4v) is 3.22. The highest BCUT2D eigenvalue weighted by Gasteiger charge is 2.14. The number of fused-ring (bicyclic) bond motifs is 1. The van der Waals surface area contributed by atoms with Crippen LogP contribution in [0.4, 0.5) is 5.82 Å². The number of aryl methyl sites for hydroxylation is 1. The molecule has 164 valence electrons. The van der Waals surface area contributed by atoms with E-state index in [1.165, 1.54) is 0 Å². The van der Waals surface area contributed by atoms with E-state index in [1.807, 2.05) is 38.1 Å². The normalized spacial score (nSPS) is 11.1. The molecule has 4 aromatic rings. The number of nitrogens with one attached hydrogen (secondary N) is 1. The van der Waals surface area contributed by atoms with Crippen LogP contribution in [0.2, 0.25) is 0 Å². The van der Waals surface area contributed by atoms with Gasteiger partial charge in [0, 0.05) is 43.5 Å². The summed E-state index contributed by atoms with van der Waals surface area (Å²) in [5.41, 5.74) is 3.28. The SMILES string of the molecule is CCCOCCn1c(=O)c(NCc2cccnc2)nc2ccc(-c3cnc(C)nc3)nc21. The Bertz CT molecular complexity index is 1240. The monoisotopic (exact) mass is 431 g/mol. The van der Waals surface area contributed by atoms with Crippen molar-refractivity contribution >= 4 is 17.0 Å². The smallest absolute Gasteiger partial charge is 0.295 e. The molecular formula is C23H25N7O2. The third-order valence-electron chi connectivity index (χ3n) is 4.86. The second kappa shape index (κ2) is 10.1. The van der Waals surface area contributed by atoms with Crippen LogP contribution in [0.25, 0.3) is 22.4 Å². The molecule has 0 aromatic carbocycles. The first kappa shape index (κ1) is 21.5. The fourth-order valence-electron chi connectivity index (χ4n) is 3.22. The molecule has 0 aliphatic heterocycles. The van der Waals surface area contributed by atoms with Crippen LogP contribution in [0, 0.1) is 6.92 Å². The van der Waals surface area contributed by atoms with Crippen molar-refractivity contribution in [1.29, 1.82) is 0 Å². The lowest BCUT2D eigenvalue weighted by Gasteiger charge is -2.14. The molecule has 0 radical (unpaired) electrons. The van der Waals surface area contributed by atoms with E-state index < -0.39 is 0 Å². The van der Waals surface area contributed by atoms with Crippen LogP contribution in [-0.4, -0.2) is 42.7 Å². The van der Waals surface area contributed by atoms with Gasteiger partial charge in [-0.2, -0.15) is 0 Å². The van der Waals surface area contributed by atoms with Crippen LogP contribution >= 0.6 is 0 Å². The van der Waals surface area contributed by atoms with Gasteiger partial charge >= 0.3 is 0 Å². The maximum Gasteiger partial charge on any atom is 0.295 e. The standard InChI is InChI=1S/C23H25N7O2/c1-3-10-32-11-9-30-22-20(7-6-19(29-22)18-14-25-16(2)26-15-18)28-21(23(30)31)27-13-17-5-4-8-24-12-17/h4-8,12,14-15H,3,9-11,13H2,1-2H3,(H,27,28). The minimum atomic E-state index is -0.244. The first-order chi connectivity index (χ1) is 15.7. The molecule has 0 bridgehead atoms. The van der Waals surface area contributed by atoms with Gasteiger partial charge < -0.3 is 10.1 Å². The van der Waals surface area contributed by atoms with Gasteiger partial charge in [0.1, 0.15) is 11.3 Å². The molecule has 4 aromatic heterocycles. The summed E-state index contributed by atoms with van der Waals surface area (Å²) in [6.07, 6.45) is 7.83. The highest BCUT2D eigenvalue weighted by molar-refractivity contribution is 5.76. The zero-order valence-corrected chi connectivity index (χ0v) is 18.2. The Morgan fingerprint density at radius 1 is 1.06 bits per heavy atom. The molecule has 0 aliphatic carbocycles. The summed E-state index contributed by atoms with van der Waals surface area (Å²) in [5.74, 6) is 0.954. The average molecular weight is 432 g/mol. The molecule has 0 spiro atoms. The predicted molar refractivity (Wildman–Crippen MR) is 122 cm³/mol. The predicted octanol–water partition coefficient (Wildman–Crippen LogP) is 2.99. The maximum atomic E-state index is 13.3. The summed E-state index contributed by atoms with van der Waals surface area (Å²) < 4.78 is 7.24. The van der Waals surface area contributed by atoms with Crippen molar-refractivity contribution < 1.29 is 4.74 Å². The molecule has 0 saturated carbocycles. The van der Waals surface area contributed by atoms with Crippen LogP contribution < -0.4 is 10.9 Å². The van der Waals surface area contributed by atoms with Gasteiger partial charge in [0.25, 0.3) is 5.56 Å². The van der Waals surface area contributed by atoms with Crippen LogP contribution in [0.1, 0.15) is 24.7 Å². The van der Waals surface area contributed by atoms with E-state index in [-0.39, 0.29) is 11.4 Å². The summed E-state index contributed by atoms with van der Waals surface area (Å²) in [5, 5.41) is 3.14. The largest absolute Gasteiger partial charge is 0.380 e. The molecule has 0 amide bonds. The highest BCUT2D eigenvalue weighted by Crippen LogP contribution is 2.19. The Balaban J connectivity index is 1.72. The molecule has 4 heterocycles. The minimum Gasteiger partial charge on any atom is -0.380 e. The topological polar surface area (TPSA) is 108 Å². The summed E-state index contributed by atoms with van der Waals surface area (Å²) in [6.45, 7) is 5.75. The maximum absolute atomic E-state index is 13.3. The van der Waals surface area contributed by atoms with Crippen molar-refractivity contribution in [1.82, 2.24) is 29.5 Å². The number of pyridine rings is 2. The second-order valence-corrected chi connectivity index (χ2v) is 7.30. The molecule has 4 rings (SSSR count). The van der Waals surface area contributed by atoms with Crippen molar-refractivity contribution in [2.75, 3.05) is 18.5 Å². The van der Waals surface area contributed by atoms with Crippen LogP contribution in [0.15, 0.2) is 53.8 Å². The van der Waals surface area contributed by atoms with Gasteiger partial charge in [0.2, 0.25) is 0 Å². The van der Waals surface area contributed by atoms with E-state index in [1.54, 1.807) is 29.4 Å². The molecule has 0 fully saturated rings. The van der Waals surface area contributed by atoms with Crippen molar-refractivity contribution in [2.45, 2.75) is 33.4 Å². The van der Waals surface area contributed by atoms with E-state index in [0.717, 1.165) is 17.5 Å². The van der Waals surface area contributed by atoms with Crippen LogP contribution in [0.3, 0.4) is 0 Å². The van der Waals surface area contributed by atoms with E-state index in [2.05, 4.69) is 25.3 Å². The molecule has 32 heavy (non-hydrogen) atoms. The Labute approximate surface area is 185 Å². The number of hydrogen-bond acceptors (Lipinski definition) is 8. The van der Waals surface area contributed by atoms with Gasteiger partial charge in [0.15, 0.2) is 11.5 Å². The molecule has 9 nitrogen and oxygen atoms in total. The van der Waals surface area contributed by atoms with E-state index >= 15 is 0 Å². The highest BCUT2D eigenvalue weighted by atomic mass is 16.5. The third kappa shape index (κ3) is 4.94. The van der Waals surface area contributed by atoms with Gasteiger partial charge in [-0.3, -0.25) is 14.3 Å². The fraction of sp³-hybridized carbons (Fsp3) is 0.304. The number of nitrogens with zero attached hydrogens (tertiary/aromatic N) is 6. The van der Waals surface area contributed by atoms with Crippen LogP contribution in [0.5, 0.6) is 0 Å². The van der Waals surface area contributed by atoms with Gasteiger partial charge in [-0.1, -0.05) is 13.0 Å². The van der Waals surface area contributed by atoms with Crippen molar-refractivity contribution in [3.8, 4) is 11.3 Å². The van der Waals surface area contributed by atoms with Gasteiger partial charge in [-0.05, 0) is 37.1 Å². The Hall–Kier alpha value is -3.72. The molecule has 1 N–H and O–H groups in total. The molecule has 0 atom stereocenters. The van der Waals surface area contributed by atoms with E-state index in [4.69, 9.17) is 9.72 Å². The molecular weight excluding hydrogens is 406 g/mol. The number of aromatic nitrogens is 6. The van der Waals surface area contributed by atoms with E-state index in [9.17, 15) is 4.79 Å². The number of rotatable bonds is 9. The third-order valence-corrected chi connectivity index (χ3v) is 4.86. The zero-order valence-electron chi connectivity index (χ0n) is 18.2. The minimum absolute atomic E-state index is 0.244. The molecule has 0 saturated heterocycles. The van der Waals surface area contributed by atoms with Crippen molar-refractivity contribution in [2.24, 2.45) is 0 Å². The van der Waals surface area contributed by atoms with E-state index in [0.29, 0.717) is 49.0 Å². The van der Waals surface area contributed by atoms with Crippen molar-refractivity contribution in [3.05, 3.63) is 70.8 Å². The summed E-state index contributed by atoms with van der Waals surface area (Å²) in [6, 6.07) is 7.51. The first-order valence-corrected chi connectivity index (χ1v) is 10.6. The molecule has 0 unspecified atom stereocenters. The number of hydrogen-bond donors (Lipinski definition) is 1. The first-order valence-electron chi connectivity index (χ1n) is 10.6.